The number of nitrogens with zero attached hydrogens (tertiary/aromatic N) is 1. The maximum atomic E-state index is 14.0. The second-order valence-corrected chi connectivity index (χ2v) is 13.4. The van der Waals surface area contributed by atoms with E-state index in [2.05, 4.69) is 48.4 Å². The van der Waals surface area contributed by atoms with Crippen LogP contribution in [0.1, 0.15) is 12.5 Å². The fourth-order valence-corrected chi connectivity index (χ4v) is 3.91. The Balaban J connectivity index is 2.22. The summed E-state index contributed by atoms with van der Waals surface area (Å²) in [5.41, 5.74) is 1.76. The van der Waals surface area contributed by atoms with Crippen LogP contribution in [-0.4, -0.2) is 19.2 Å². The molecule has 0 saturated carbocycles. The number of benzene rings is 1. The summed E-state index contributed by atoms with van der Waals surface area (Å²) in [6, 6.07) is 4.59. The first-order valence-corrected chi connectivity index (χ1v) is 12.2. The van der Waals surface area contributed by atoms with Crippen LogP contribution >= 0.6 is 22.6 Å². The summed E-state index contributed by atoms with van der Waals surface area (Å²) in [7, 11) is -1.07. The molecule has 0 bridgehead atoms. The molecule has 0 aliphatic heterocycles. The highest BCUT2D eigenvalue weighted by Gasteiger charge is 2.15. The highest BCUT2D eigenvalue weighted by atomic mass is 127. The van der Waals surface area contributed by atoms with Crippen LogP contribution in [0.4, 0.5) is 4.39 Å². The molecule has 2 rings (SSSR count). The van der Waals surface area contributed by atoms with Gasteiger partial charge in [0, 0.05) is 35.4 Å². The number of halogens is 2. The topological polar surface area (TPSA) is 14.2 Å². The second-order valence-electron chi connectivity index (χ2n) is 6.57. The predicted molar refractivity (Wildman–Crippen MR) is 98.1 cm³/mol. The summed E-state index contributed by atoms with van der Waals surface area (Å²) in [4.78, 5) is 0. The van der Waals surface area contributed by atoms with Gasteiger partial charge < -0.3 is 9.30 Å². The highest BCUT2D eigenvalue weighted by molar-refractivity contribution is 14.1. The molecule has 2 aromatic rings. The van der Waals surface area contributed by atoms with Crippen LogP contribution in [0.5, 0.6) is 0 Å². The summed E-state index contributed by atoms with van der Waals surface area (Å²) in [5, 5.41) is 1.11. The molecule has 1 heterocycles. The van der Waals surface area contributed by atoms with Gasteiger partial charge in [0.1, 0.15) is 12.5 Å². The van der Waals surface area contributed by atoms with Gasteiger partial charge in [-0.1, -0.05) is 26.6 Å². The van der Waals surface area contributed by atoms with Crippen LogP contribution in [0, 0.1) is 9.39 Å². The van der Waals surface area contributed by atoms with E-state index >= 15 is 0 Å². The van der Waals surface area contributed by atoms with Gasteiger partial charge in [0.2, 0.25) is 0 Å². The summed E-state index contributed by atoms with van der Waals surface area (Å²) in [5.74, 6) is -0.122. The Morgan fingerprint density at radius 1 is 1.29 bits per heavy atom. The van der Waals surface area contributed by atoms with E-state index < -0.39 is 8.07 Å². The van der Waals surface area contributed by atoms with Crippen molar-refractivity contribution in [2.24, 2.45) is 0 Å². The summed E-state index contributed by atoms with van der Waals surface area (Å²) >= 11 is 2.31. The number of fused-ring (bicyclic) bond motifs is 1. The molecule has 0 spiro atoms. The summed E-state index contributed by atoms with van der Waals surface area (Å²) in [6.45, 7) is 10.3. The third-order valence-electron chi connectivity index (χ3n) is 3.62. The first kappa shape index (κ1) is 17.0. The van der Waals surface area contributed by atoms with Crippen LogP contribution in [0.2, 0.25) is 25.7 Å². The van der Waals surface area contributed by atoms with Crippen molar-refractivity contribution in [2.75, 3.05) is 6.61 Å². The average molecular weight is 419 g/mol. The van der Waals surface area contributed by atoms with Gasteiger partial charge in [-0.15, -0.1) is 0 Å². The van der Waals surface area contributed by atoms with Gasteiger partial charge in [-0.3, -0.25) is 0 Å². The van der Waals surface area contributed by atoms with Crippen LogP contribution in [-0.2, 0) is 17.9 Å². The van der Waals surface area contributed by atoms with Crippen LogP contribution in [0.3, 0.4) is 0 Å². The molecule has 0 amide bonds. The van der Waals surface area contributed by atoms with Crippen molar-refractivity contribution in [2.45, 2.75) is 45.8 Å². The van der Waals surface area contributed by atoms with Gasteiger partial charge in [-0.25, -0.2) is 4.39 Å². The van der Waals surface area contributed by atoms with E-state index in [0.29, 0.717) is 13.2 Å². The Morgan fingerprint density at radius 2 is 2.00 bits per heavy atom. The molecular weight excluding hydrogens is 396 g/mol. The number of hydrogen-bond acceptors (Lipinski definition) is 1. The molecular formula is C16H23FINOSi. The Hall–Kier alpha value is -0.403. The van der Waals surface area contributed by atoms with Crippen molar-refractivity contribution in [3.8, 4) is 0 Å². The van der Waals surface area contributed by atoms with Gasteiger partial charge in [-0.2, -0.15) is 0 Å². The fraction of sp³-hybridized carbons (Fsp3) is 0.500. The molecule has 1 aromatic heterocycles. The molecule has 2 nitrogen and oxygen atoms in total. The first-order valence-electron chi connectivity index (χ1n) is 7.37. The molecule has 1 aromatic carbocycles. The van der Waals surface area contributed by atoms with Crippen molar-refractivity contribution in [1.29, 1.82) is 0 Å². The van der Waals surface area contributed by atoms with Crippen molar-refractivity contribution in [1.82, 2.24) is 4.57 Å². The van der Waals surface area contributed by atoms with E-state index in [9.17, 15) is 4.39 Å². The number of aryl methyl sites for hydroxylation is 1. The molecule has 5 heteroatoms. The minimum absolute atomic E-state index is 0.122. The zero-order chi connectivity index (χ0) is 15.6. The van der Waals surface area contributed by atoms with Gasteiger partial charge in [0.15, 0.2) is 0 Å². The van der Waals surface area contributed by atoms with Crippen LogP contribution < -0.4 is 0 Å². The fourth-order valence-electron chi connectivity index (χ4n) is 2.38. The third kappa shape index (κ3) is 4.07. The number of ether oxygens (including phenoxy) is 1. The van der Waals surface area contributed by atoms with Gasteiger partial charge in [0.25, 0.3) is 0 Å². The lowest BCUT2D eigenvalue weighted by atomic mass is 10.1. The van der Waals surface area contributed by atoms with Crippen molar-refractivity contribution in [3.05, 3.63) is 33.3 Å². The molecule has 21 heavy (non-hydrogen) atoms. The van der Waals surface area contributed by atoms with E-state index in [0.717, 1.165) is 32.7 Å². The maximum Gasteiger partial charge on any atom is 0.128 e. The zero-order valence-electron chi connectivity index (χ0n) is 13.2. The molecule has 0 atom stereocenters. The molecule has 0 aliphatic carbocycles. The van der Waals surface area contributed by atoms with E-state index in [-0.39, 0.29) is 5.82 Å². The normalized spacial score (nSPS) is 12.3. The lowest BCUT2D eigenvalue weighted by Crippen LogP contribution is -2.22. The predicted octanol–water partition coefficient (Wildman–Crippen LogP) is 5.26. The van der Waals surface area contributed by atoms with E-state index in [4.69, 9.17) is 4.74 Å². The van der Waals surface area contributed by atoms with Gasteiger partial charge in [-0.05, 0) is 47.2 Å². The minimum atomic E-state index is -1.07. The highest BCUT2D eigenvalue weighted by Crippen LogP contribution is 2.28. The standard InChI is InChI=1S/C16H23FINOSi/c1-5-12-14(17)7-6-13-15(18)10-19(16(12)13)11-20-8-9-21(2,3)4/h6-7,10H,5,8-9,11H2,1-4H3. The Labute approximate surface area is 140 Å². The zero-order valence-corrected chi connectivity index (χ0v) is 16.3. The number of aromatic nitrogens is 1. The molecule has 0 saturated heterocycles. The quantitative estimate of drug-likeness (QED) is 0.354. The Morgan fingerprint density at radius 3 is 2.62 bits per heavy atom. The van der Waals surface area contributed by atoms with Crippen molar-refractivity contribution >= 4 is 41.6 Å². The number of hydrogen-bond donors (Lipinski definition) is 0. The lowest BCUT2D eigenvalue weighted by molar-refractivity contribution is 0.0901. The van der Waals surface area contributed by atoms with Crippen LogP contribution in [0.15, 0.2) is 18.3 Å². The molecule has 0 N–H and O–H groups in total. The van der Waals surface area contributed by atoms with Crippen molar-refractivity contribution in [3.63, 3.8) is 0 Å². The Bertz CT molecular complexity index is 633. The molecule has 116 valence electrons. The van der Waals surface area contributed by atoms with Crippen molar-refractivity contribution < 1.29 is 9.13 Å². The third-order valence-corrected chi connectivity index (χ3v) is 6.18. The van der Waals surface area contributed by atoms with Gasteiger partial charge >= 0.3 is 0 Å². The summed E-state index contributed by atoms with van der Waals surface area (Å²) < 4.78 is 23.0. The maximum absolute atomic E-state index is 14.0. The average Bonchev–Trinajstić information content (AvgIpc) is 2.71. The summed E-state index contributed by atoms with van der Waals surface area (Å²) in [6.07, 6.45) is 2.75. The Kier molecular flexibility index (Phi) is 5.48. The van der Waals surface area contributed by atoms with Gasteiger partial charge in [0.05, 0.1) is 5.52 Å². The SMILES string of the molecule is CCc1c(F)ccc2c(I)cn(COCC[Si](C)(C)C)c12. The van der Waals surface area contributed by atoms with E-state index in [1.165, 1.54) is 0 Å². The van der Waals surface area contributed by atoms with E-state index in [1.54, 1.807) is 6.07 Å². The van der Waals surface area contributed by atoms with Crippen LogP contribution in [0.25, 0.3) is 10.9 Å². The second kappa shape index (κ2) is 6.79. The van der Waals surface area contributed by atoms with E-state index in [1.807, 2.05) is 17.6 Å². The molecule has 0 fully saturated rings. The molecule has 0 radical (unpaired) electrons. The molecule has 0 unspecified atom stereocenters. The monoisotopic (exact) mass is 419 g/mol. The number of rotatable bonds is 6. The smallest absolute Gasteiger partial charge is 0.128 e. The minimum Gasteiger partial charge on any atom is -0.361 e. The lowest BCUT2D eigenvalue weighted by Gasteiger charge is -2.16. The largest absolute Gasteiger partial charge is 0.361 e. The first-order chi connectivity index (χ1) is 9.83. The molecule has 0 aliphatic rings.